The zero-order valence-corrected chi connectivity index (χ0v) is 12.8. The van der Waals surface area contributed by atoms with E-state index in [1.165, 1.54) is 0 Å². The molecule has 0 aliphatic carbocycles. The van der Waals surface area contributed by atoms with Crippen molar-refractivity contribution in [2.24, 2.45) is 0 Å². The molecule has 2 rings (SSSR count). The fourth-order valence-corrected chi connectivity index (χ4v) is 2.45. The van der Waals surface area contributed by atoms with Crippen LogP contribution < -0.4 is 5.32 Å². The van der Waals surface area contributed by atoms with Gasteiger partial charge in [0.05, 0.1) is 6.54 Å². The smallest absolute Gasteiger partial charge is 0.217 e. The molecule has 0 atom stereocenters. The van der Waals surface area contributed by atoms with Crippen LogP contribution in [-0.4, -0.2) is 25.3 Å². The van der Waals surface area contributed by atoms with Gasteiger partial charge in [-0.05, 0) is 27.2 Å². The first-order chi connectivity index (χ1) is 8.99. The molecule has 0 saturated carbocycles. The average molecular weight is 279 g/mol. The van der Waals surface area contributed by atoms with Crippen LogP contribution in [0, 0.1) is 0 Å². The molecular formula is C13H21N5S. The number of hydrogen-bond donors (Lipinski definition) is 1. The number of nitrogens with zero attached hydrogens (tertiary/aromatic N) is 4. The minimum atomic E-state index is 0.0915. The molecule has 0 aliphatic heterocycles. The molecule has 2 aromatic heterocycles. The van der Waals surface area contributed by atoms with Crippen LogP contribution in [0.3, 0.4) is 0 Å². The van der Waals surface area contributed by atoms with E-state index in [9.17, 15) is 0 Å². The highest BCUT2D eigenvalue weighted by Crippen LogP contribution is 2.17. The van der Waals surface area contributed by atoms with E-state index >= 15 is 0 Å². The number of aryl methyl sites for hydroxylation is 1. The van der Waals surface area contributed by atoms with Crippen LogP contribution in [0.1, 0.15) is 44.9 Å². The Morgan fingerprint density at radius 1 is 1.32 bits per heavy atom. The van der Waals surface area contributed by atoms with Crippen molar-refractivity contribution in [2.75, 3.05) is 0 Å². The predicted octanol–water partition coefficient (Wildman–Crippen LogP) is 2.56. The first-order valence-electron chi connectivity index (χ1n) is 6.59. The molecule has 0 spiro atoms. The van der Waals surface area contributed by atoms with E-state index in [-0.39, 0.29) is 5.54 Å². The van der Waals surface area contributed by atoms with Crippen LogP contribution >= 0.6 is 11.3 Å². The van der Waals surface area contributed by atoms with Crippen LogP contribution in [0.2, 0.25) is 0 Å². The molecule has 5 nitrogen and oxygen atoms in total. The Hall–Kier alpha value is -1.27. The molecule has 6 heteroatoms. The highest BCUT2D eigenvalue weighted by atomic mass is 32.1. The molecule has 2 heterocycles. The molecule has 0 radical (unpaired) electrons. The molecule has 0 amide bonds. The number of hydrogen-bond acceptors (Lipinski definition) is 5. The summed E-state index contributed by atoms with van der Waals surface area (Å²) in [6.07, 6.45) is 5.81. The summed E-state index contributed by atoms with van der Waals surface area (Å²) in [5.74, 6) is 1.05. The number of aromatic nitrogens is 4. The summed E-state index contributed by atoms with van der Waals surface area (Å²) in [4.78, 5) is 4.36. The molecule has 2 aromatic rings. The van der Waals surface area contributed by atoms with Crippen LogP contribution in [0.15, 0.2) is 12.4 Å². The maximum atomic E-state index is 4.36. The monoisotopic (exact) mass is 279 g/mol. The molecule has 0 bridgehead atoms. The second-order valence-electron chi connectivity index (χ2n) is 5.55. The largest absolute Gasteiger partial charge is 0.306 e. The van der Waals surface area contributed by atoms with Gasteiger partial charge in [-0.1, -0.05) is 18.3 Å². The van der Waals surface area contributed by atoms with Crippen LogP contribution in [0.4, 0.5) is 0 Å². The molecule has 1 N–H and O–H groups in total. The Morgan fingerprint density at radius 2 is 2.11 bits per heavy atom. The van der Waals surface area contributed by atoms with E-state index in [0.29, 0.717) is 0 Å². The fraction of sp³-hybridized carbons (Fsp3) is 0.615. The summed E-state index contributed by atoms with van der Waals surface area (Å²) < 4.78 is 2.03. The van der Waals surface area contributed by atoms with E-state index in [2.05, 4.69) is 48.2 Å². The van der Waals surface area contributed by atoms with Crippen molar-refractivity contribution in [1.82, 2.24) is 25.1 Å². The number of rotatable bonds is 5. The van der Waals surface area contributed by atoms with Crippen LogP contribution in [0.25, 0.3) is 5.13 Å². The van der Waals surface area contributed by atoms with Crippen LogP contribution in [-0.2, 0) is 13.0 Å². The van der Waals surface area contributed by atoms with Gasteiger partial charge >= 0.3 is 0 Å². The van der Waals surface area contributed by atoms with Crippen molar-refractivity contribution in [3.05, 3.63) is 23.2 Å². The maximum absolute atomic E-state index is 4.36. The van der Waals surface area contributed by atoms with Crippen LogP contribution in [0.5, 0.6) is 0 Å². The van der Waals surface area contributed by atoms with Gasteiger partial charge < -0.3 is 5.32 Å². The van der Waals surface area contributed by atoms with Gasteiger partial charge in [0.1, 0.15) is 10.8 Å². The summed E-state index contributed by atoms with van der Waals surface area (Å²) in [5, 5.41) is 13.8. The normalized spacial score (nSPS) is 12.0. The topological polar surface area (TPSA) is 55.6 Å². The lowest BCUT2D eigenvalue weighted by Crippen LogP contribution is -2.35. The Kier molecular flexibility index (Phi) is 4.31. The maximum Gasteiger partial charge on any atom is 0.217 e. The molecular weight excluding hydrogens is 258 g/mol. The molecule has 0 aliphatic rings. The van der Waals surface area contributed by atoms with Crippen molar-refractivity contribution < 1.29 is 0 Å². The van der Waals surface area contributed by atoms with Gasteiger partial charge in [-0.25, -0.2) is 4.98 Å². The molecule has 19 heavy (non-hydrogen) atoms. The second kappa shape index (κ2) is 5.79. The standard InChI is InChI=1S/C13H21N5S/c1-5-6-10-14-7-8-18(10)12-17-16-11(19-12)9-15-13(2,3)4/h7-8,15H,5-6,9H2,1-4H3. The van der Waals surface area contributed by atoms with Crippen molar-refractivity contribution in [3.8, 4) is 5.13 Å². The summed E-state index contributed by atoms with van der Waals surface area (Å²) >= 11 is 1.61. The third-order valence-corrected chi connectivity index (χ3v) is 3.55. The minimum absolute atomic E-state index is 0.0915. The second-order valence-corrected chi connectivity index (χ2v) is 6.59. The highest BCUT2D eigenvalue weighted by molar-refractivity contribution is 7.13. The molecule has 0 aromatic carbocycles. The van der Waals surface area contributed by atoms with Gasteiger partial charge in [0.25, 0.3) is 0 Å². The average Bonchev–Trinajstić information content (AvgIpc) is 2.93. The number of imidazole rings is 1. The van der Waals surface area contributed by atoms with Gasteiger partial charge in [-0.3, -0.25) is 4.57 Å². The Balaban J connectivity index is 2.10. The lowest BCUT2D eigenvalue weighted by molar-refractivity contribution is 0.423. The number of nitrogens with one attached hydrogen (secondary N) is 1. The van der Waals surface area contributed by atoms with E-state index < -0.39 is 0 Å². The van der Waals surface area contributed by atoms with Gasteiger partial charge in [0, 0.05) is 24.4 Å². The van der Waals surface area contributed by atoms with Crippen molar-refractivity contribution in [2.45, 2.75) is 52.6 Å². The first-order valence-corrected chi connectivity index (χ1v) is 7.41. The third-order valence-electron chi connectivity index (χ3n) is 2.62. The van der Waals surface area contributed by atoms with E-state index in [0.717, 1.165) is 35.3 Å². The molecule has 0 fully saturated rings. The third kappa shape index (κ3) is 3.84. The van der Waals surface area contributed by atoms with Crippen molar-refractivity contribution in [1.29, 1.82) is 0 Å². The van der Waals surface area contributed by atoms with E-state index in [1.54, 1.807) is 11.3 Å². The SMILES string of the molecule is CCCc1nccn1-c1nnc(CNC(C)(C)C)s1. The van der Waals surface area contributed by atoms with Gasteiger partial charge in [-0.15, -0.1) is 10.2 Å². The Labute approximate surface area is 118 Å². The summed E-state index contributed by atoms with van der Waals surface area (Å²) in [5.41, 5.74) is 0.0915. The lowest BCUT2D eigenvalue weighted by Gasteiger charge is -2.19. The highest BCUT2D eigenvalue weighted by Gasteiger charge is 2.13. The van der Waals surface area contributed by atoms with Gasteiger partial charge in [0.15, 0.2) is 0 Å². The predicted molar refractivity (Wildman–Crippen MR) is 77.6 cm³/mol. The van der Waals surface area contributed by atoms with E-state index in [4.69, 9.17) is 0 Å². The Morgan fingerprint density at radius 3 is 2.79 bits per heavy atom. The zero-order valence-electron chi connectivity index (χ0n) is 12.0. The molecule has 0 saturated heterocycles. The first kappa shape index (κ1) is 14.1. The molecule has 0 unspecified atom stereocenters. The summed E-state index contributed by atoms with van der Waals surface area (Å²) in [6, 6.07) is 0. The lowest BCUT2D eigenvalue weighted by atomic mass is 10.1. The van der Waals surface area contributed by atoms with E-state index in [1.807, 2.05) is 17.0 Å². The summed E-state index contributed by atoms with van der Waals surface area (Å²) in [7, 11) is 0. The van der Waals surface area contributed by atoms with Gasteiger partial charge in [-0.2, -0.15) is 0 Å². The summed E-state index contributed by atoms with van der Waals surface area (Å²) in [6.45, 7) is 9.33. The Bertz CT molecular complexity index is 523. The fourth-order valence-electron chi connectivity index (χ4n) is 1.67. The molecule has 104 valence electrons. The zero-order chi connectivity index (χ0) is 13.9. The minimum Gasteiger partial charge on any atom is -0.306 e. The van der Waals surface area contributed by atoms with Crippen molar-refractivity contribution in [3.63, 3.8) is 0 Å². The van der Waals surface area contributed by atoms with Crippen molar-refractivity contribution >= 4 is 11.3 Å². The quantitative estimate of drug-likeness (QED) is 0.914. The van der Waals surface area contributed by atoms with Gasteiger partial charge in [0.2, 0.25) is 5.13 Å².